The van der Waals surface area contributed by atoms with Gasteiger partial charge in [0, 0.05) is 25.3 Å². The van der Waals surface area contributed by atoms with Gasteiger partial charge in [-0.15, -0.1) is 0 Å². The molecule has 156 valence electrons. The number of ether oxygens (including phenoxy) is 1. The van der Waals surface area contributed by atoms with Gasteiger partial charge < -0.3 is 15.2 Å². The predicted molar refractivity (Wildman–Crippen MR) is 112 cm³/mol. The molecular formula is C24H31NO4. The van der Waals surface area contributed by atoms with E-state index in [1.54, 1.807) is 12.3 Å². The van der Waals surface area contributed by atoms with E-state index in [2.05, 4.69) is 17.5 Å². The highest BCUT2D eigenvalue weighted by Gasteiger charge is 2.47. The van der Waals surface area contributed by atoms with Crippen molar-refractivity contribution in [1.82, 2.24) is 5.32 Å². The number of hydrogen-bond donors (Lipinski definition) is 2. The van der Waals surface area contributed by atoms with Crippen molar-refractivity contribution in [2.75, 3.05) is 6.54 Å². The molecule has 2 aliphatic rings. The Morgan fingerprint density at radius 1 is 1.10 bits per heavy atom. The first-order chi connectivity index (χ1) is 14.1. The fourth-order valence-corrected chi connectivity index (χ4v) is 4.43. The number of aliphatic carboxylic acids is 1. The lowest BCUT2D eigenvalue weighted by atomic mass is 9.77. The standard InChI is InChI=1S/C24H31NO4/c26-19(16-18-8-4-3-5-9-18)14-15-25-17-21-20(22-12-13-23(21)29-22)10-6-1-2-7-11-24(27)28/h1,3-6,8-9,14-15,20-23,25H,2,7,10-13,16-17H2,(H,27,28)/b6-1-,15-14?/t20-,21-,22-,23+/m1/s1. The molecule has 0 aliphatic carbocycles. The number of carbonyl (C=O) groups is 2. The van der Waals surface area contributed by atoms with Crippen molar-refractivity contribution in [2.24, 2.45) is 11.8 Å². The fraction of sp³-hybridized carbons (Fsp3) is 0.500. The van der Waals surface area contributed by atoms with Gasteiger partial charge in [0.2, 0.25) is 0 Å². The molecule has 0 amide bonds. The van der Waals surface area contributed by atoms with E-state index >= 15 is 0 Å². The minimum atomic E-state index is -0.735. The normalized spacial score (nSPS) is 25.8. The van der Waals surface area contributed by atoms with Gasteiger partial charge in [-0.3, -0.25) is 9.59 Å². The maximum absolute atomic E-state index is 12.1. The topological polar surface area (TPSA) is 75.6 Å². The molecule has 5 heteroatoms. The Morgan fingerprint density at radius 2 is 1.86 bits per heavy atom. The average molecular weight is 398 g/mol. The van der Waals surface area contributed by atoms with Crippen LogP contribution in [0.1, 0.15) is 44.1 Å². The summed E-state index contributed by atoms with van der Waals surface area (Å²) in [6, 6.07) is 9.77. The van der Waals surface area contributed by atoms with E-state index in [4.69, 9.17) is 9.84 Å². The lowest BCUT2D eigenvalue weighted by Crippen LogP contribution is -2.34. The Morgan fingerprint density at radius 3 is 2.62 bits per heavy atom. The maximum atomic E-state index is 12.1. The van der Waals surface area contributed by atoms with Gasteiger partial charge in [-0.05, 0) is 55.9 Å². The van der Waals surface area contributed by atoms with Crippen molar-refractivity contribution >= 4 is 11.8 Å². The monoisotopic (exact) mass is 397 g/mol. The first kappa shape index (κ1) is 21.3. The number of rotatable bonds is 12. The number of carboxylic acid groups (broad SMARTS) is 1. The van der Waals surface area contributed by atoms with Crippen LogP contribution in [0.5, 0.6) is 0 Å². The van der Waals surface area contributed by atoms with Crippen LogP contribution in [0.25, 0.3) is 0 Å². The second-order valence-corrected chi connectivity index (χ2v) is 7.98. The number of carbonyl (C=O) groups excluding carboxylic acids is 1. The first-order valence-electron chi connectivity index (χ1n) is 10.6. The molecule has 2 N–H and O–H groups in total. The van der Waals surface area contributed by atoms with Gasteiger partial charge in [0.25, 0.3) is 0 Å². The summed E-state index contributed by atoms with van der Waals surface area (Å²) in [5.74, 6) is 0.298. The molecular weight excluding hydrogens is 366 g/mol. The number of hydrogen-bond acceptors (Lipinski definition) is 4. The molecule has 2 saturated heterocycles. The van der Waals surface area contributed by atoms with E-state index in [9.17, 15) is 9.59 Å². The number of carboxylic acids is 1. The van der Waals surface area contributed by atoms with Gasteiger partial charge in [-0.25, -0.2) is 0 Å². The van der Waals surface area contributed by atoms with Gasteiger partial charge in [0.15, 0.2) is 5.78 Å². The van der Waals surface area contributed by atoms with Crippen LogP contribution in [0.4, 0.5) is 0 Å². The summed E-state index contributed by atoms with van der Waals surface area (Å²) >= 11 is 0. The summed E-state index contributed by atoms with van der Waals surface area (Å²) < 4.78 is 6.12. The van der Waals surface area contributed by atoms with E-state index in [1.807, 2.05) is 30.3 Å². The van der Waals surface area contributed by atoms with Crippen molar-refractivity contribution < 1.29 is 19.4 Å². The largest absolute Gasteiger partial charge is 0.481 e. The Kier molecular flexibility index (Phi) is 8.05. The first-order valence-corrected chi connectivity index (χ1v) is 10.6. The molecule has 0 aromatic heterocycles. The molecule has 0 saturated carbocycles. The van der Waals surface area contributed by atoms with Crippen molar-refractivity contribution in [3.8, 4) is 0 Å². The quantitative estimate of drug-likeness (QED) is 0.318. The summed E-state index contributed by atoms with van der Waals surface area (Å²) in [6.45, 7) is 0.813. The van der Waals surface area contributed by atoms with Crippen LogP contribution < -0.4 is 5.32 Å². The number of unbranched alkanes of at least 4 members (excludes halogenated alkanes) is 1. The maximum Gasteiger partial charge on any atom is 0.303 e. The molecule has 1 aromatic carbocycles. The molecule has 29 heavy (non-hydrogen) atoms. The molecule has 0 spiro atoms. The van der Waals surface area contributed by atoms with Crippen molar-refractivity contribution in [3.05, 3.63) is 60.3 Å². The van der Waals surface area contributed by atoms with Crippen LogP contribution in [-0.4, -0.2) is 35.6 Å². The zero-order valence-corrected chi connectivity index (χ0v) is 16.8. The molecule has 3 rings (SSSR count). The molecule has 2 heterocycles. The molecule has 5 nitrogen and oxygen atoms in total. The highest BCUT2D eigenvalue weighted by atomic mass is 16.5. The van der Waals surface area contributed by atoms with Gasteiger partial charge in [0.1, 0.15) is 0 Å². The Labute approximate surface area is 172 Å². The number of allylic oxidation sites excluding steroid dienone is 3. The fourth-order valence-electron chi connectivity index (χ4n) is 4.43. The van der Waals surface area contributed by atoms with Gasteiger partial charge in [0.05, 0.1) is 12.2 Å². The van der Waals surface area contributed by atoms with Gasteiger partial charge in [-0.1, -0.05) is 42.5 Å². The molecule has 1 aromatic rings. The smallest absolute Gasteiger partial charge is 0.303 e. The van der Waals surface area contributed by atoms with Gasteiger partial charge in [-0.2, -0.15) is 0 Å². The lowest BCUT2D eigenvalue weighted by Gasteiger charge is -2.27. The summed E-state index contributed by atoms with van der Waals surface area (Å²) in [5.41, 5.74) is 1.03. The zero-order chi connectivity index (χ0) is 20.5. The van der Waals surface area contributed by atoms with Crippen LogP contribution in [0, 0.1) is 11.8 Å². The van der Waals surface area contributed by atoms with Crippen molar-refractivity contribution in [1.29, 1.82) is 0 Å². The lowest BCUT2D eigenvalue weighted by molar-refractivity contribution is -0.137. The predicted octanol–water partition coefficient (Wildman–Crippen LogP) is 3.90. The second-order valence-electron chi connectivity index (χ2n) is 7.98. The number of fused-ring (bicyclic) bond motifs is 2. The number of ketones is 1. The third-order valence-electron chi connectivity index (χ3n) is 5.89. The second kappa shape index (κ2) is 11.0. The Hall–Kier alpha value is -2.40. The molecule has 0 radical (unpaired) electrons. The molecule has 2 fully saturated rings. The Bertz CT molecular complexity index is 728. The van der Waals surface area contributed by atoms with Crippen LogP contribution in [0.15, 0.2) is 54.8 Å². The van der Waals surface area contributed by atoms with Crippen LogP contribution in [0.2, 0.25) is 0 Å². The molecule has 2 aliphatic heterocycles. The summed E-state index contributed by atoms with van der Waals surface area (Å²) in [4.78, 5) is 22.6. The molecule has 0 unspecified atom stereocenters. The number of benzene rings is 1. The Balaban J connectivity index is 1.40. The minimum absolute atomic E-state index is 0.0914. The van der Waals surface area contributed by atoms with Crippen molar-refractivity contribution in [2.45, 2.75) is 57.2 Å². The minimum Gasteiger partial charge on any atom is -0.481 e. The van der Waals surface area contributed by atoms with Gasteiger partial charge >= 0.3 is 5.97 Å². The zero-order valence-electron chi connectivity index (χ0n) is 16.8. The third kappa shape index (κ3) is 6.57. The van der Waals surface area contributed by atoms with E-state index in [-0.39, 0.29) is 12.2 Å². The van der Waals surface area contributed by atoms with Crippen LogP contribution >= 0.6 is 0 Å². The van der Waals surface area contributed by atoms with E-state index in [0.29, 0.717) is 36.9 Å². The summed E-state index contributed by atoms with van der Waals surface area (Å²) in [5, 5.41) is 12.0. The molecule has 4 atom stereocenters. The summed E-state index contributed by atoms with van der Waals surface area (Å²) in [6.07, 6.45) is 13.7. The highest BCUT2D eigenvalue weighted by molar-refractivity contribution is 5.91. The van der Waals surface area contributed by atoms with Crippen LogP contribution in [0.3, 0.4) is 0 Å². The van der Waals surface area contributed by atoms with Crippen molar-refractivity contribution in [3.63, 3.8) is 0 Å². The number of nitrogens with one attached hydrogen (secondary N) is 1. The summed E-state index contributed by atoms with van der Waals surface area (Å²) in [7, 11) is 0. The van der Waals surface area contributed by atoms with E-state index in [1.165, 1.54) is 0 Å². The van der Waals surface area contributed by atoms with Crippen LogP contribution in [-0.2, 0) is 20.7 Å². The van der Waals surface area contributed by atoms with E-state index < -0.39 is 5.97 Å². The third-order valence-corrected chi connectivity index (χ3v) is 5.89. The molecule has 2 bridgehead atoms. The highest BCUT2D eigenvalue weighted by Crippen LogP contribution is 2.44. The SMILES string of the molecule is O=C(O)CCC/C=C\C[C@@H]1[C@@H](CNC=CC(=O)Cc2ccccc2)[C@@H]2CC[C@H]1O2. The van der Waals surface area contributed by atoms with E-state index in [0.717, 1.165) is 37.8 Å². The average Bonchev–Trinajstić information content (AvgIpc) is 3.30.